The Kier molecular flexibility index (Phi) is 3.86. The molecule has 0 aliphatic carbocycles. The van der Waals surface area contributed by atoms with Gasteiger partial charge in [-0.3, -0.25) is 4.79 Å². The molecule has 7 heteroatoms. The highest BCUT2D eigenvalue weighted by molar-refractivity contribution is 7.21. The standard InChI is InChI=1S/C17H15FN4OS/c18-13-4-1-3-12(11-13)16(23)21-7-9-22(10-8-21)17-20-14-5-2-6-19-15(14)24-17/h1-6,11H,7-10H2. The van der Waals surface area contributed by atoms with Crippen LogP contribution in [0.25, 0.3) is 10.3 Å². The minimum absolute atomic E-state index is 0.125. The zero-order valence-electron chi connectivity index (χ0n) is 12.9. The van der Waals surface area contributed by atoms with Crippen molar-refractivity contribution in [2.75, 3.05) is 31.1 Å². The zero-order valence-corrected chi connectivity index (χ0v) is 13.7. The van der Waals surface area contributed by atoms with Crippen LogP contribution in [0.1, 0.15) is 10.4 Å². The van der Waals surface area contributed by atoms with Crippen LogP contribution in [0.5, 0.6) is 0 Å². The van der Waals surface area contributed by atoms with Crippen LogP contribution in [0, 0.1) is 5.82 Å². The molecule has 1 aliphatic rings. The van der Waals surface area contributed by atoms with Gasteiger partial charge in [-0.15, -0.1) is 0 Å². The Bertz CT molecular complexity index is 856. The van der Waals surface area contributed by atoms with E-state index in [4.69, 9.17) is 0 Å². The lowest BCUT2D eigenvalue weighted by atomic mass is 10.2. The maximum absolute atomic E-state index is 13.3. The van der Waals surface area contributed by atoms with Crippen molar-refractivity contribution in [3.63, 3.8) is 0 Å². The van der Waals surface area contributed by atoms with Gasteiger partial charge in [-0.1, -0.05) is 17.4 Å². The van der Waals surface area contributed by atoms with E-state index in [0.717, 1.165) is 15.5 Å². The summed E-state index contributed by atoms with van der Waals surface area (Å²) in [4.78, 5) is 26.2. The van der Waals surface area contributed by atoms with E-state index < -0.39 is 0 Å². The van der Waals surface area contributed by atoms with Crippen molar-refractivity contribution >= 4 is 32.7 Å². The zero-order chi connectivity index (χ0) is 16.5. The Morgan fingerprint density at radius 1 is 1.12 bits per heavy atom. The Labute approximate surface area is 142 Å². The molecule has 0 spiro atoms. The molecule has 2 aromatic heterocycles. The van der Waals surface area contributed by atoms with Gasteiger partial charge in [0, 0.05) is 37.9 Å². The Morgan fingerprint density at radius 3 is 2.71 bits per heavy atom. The highest BCUT2D eigenvalue weighted by atomic mass is 32.1. The number of amides is 1. The number of aromatic nitrogens is 2. The molecule has 0 bridgehead atoms. The number of nitrogens with zero attached hydrogens (tertiary/aromatic N) is 4. The molecular formula is C17H15FN4OS. The van der Waals surface area contributed by atoms with Gasteiger partial charge < -0.3 is 9.80 Å². The second kappa shape index (κ2) is 6.16. The summed E-state index contributed by atoms with van der Waals surface area (Å²) in [5, 5.41) is 0.932. The van der Waals surface area contributed by atoms with E-state index in [-0.39, 0.29) is 11.7 Å². The van der Waals surface area contributed by atoms with E-state index in [0.29, 0.717) is 31.7 Å². The summed E-state index contributed by atoms with van der Waals surface area (Å²) in [5.41, 5.74) is 1.29. The number of carbonyl (C=O) groups excluding carboxylic acids is 1. The normalized spacial score (nSPS) is 15.0. The lowest BCUT2D eigenvalue weighted by Gasteiger charge is -2.34. The first-order valence-corrected chi connectivity index (χ1v) is 8.54. The number of carbonyl (C=O) groups is 1. The fourth-order valence-corrected chi connectivity index (χ4v) is 3.76. The summed E-state index contributed by atoms with van der Waals surface area (Å²) < 4.78 is 13.3. The van der Waals surface area contributed by atoms with Gasteiger partial charge in [0.05, 0.1) is 0 Å². The predicted octanol–water partition coefficient (Wildman–Crippen LogP) is 2.79. The molecule has 0 saturated carbocycles. The quantitative estimate of drug-likeness (QED) is 0.719. The highest BCUT2D eigenvalue weighted by Gasteiger charge is 2.24. The molecule has 0 N–H and O–H groups in total. The number of hydrogen-bond donors (Lipinski definition) is 0. The molecule has 1 aromatic carbocycles. The molecule has 1 amide bonds. The third-order valence-corrected chi connectivity index (χ3v) is 5.10. The maximum Gasteiger partial charge on any atom is 0.254 e. The molecule has 24 heavy (non-hydrogen) atoms. The van der Waals surface area contributed by atoms with Gasteiger partial charge in [0.1, 0.15) is 16.2 Å². The Morgan fingerprint density at radius 2 is 1.96 bits per heavy atom. The SMILES string of the molecule is O=C(c1cccc(F)c1)N1CCN(c2nc3cccnc3s2)CC1. The number of halogens is 1. The van der Waals surface area contributed by atoms with Crippen molar-refractivity contribution in [3.8, 4) is 0 Å². The van der Waals surface area contributed by atoms with Gasteiger partial charge in [-0.25, -0.2) is 14.4 Å². The van der Waals surface area contributed by atoms with Gasteiger partial charge >= 0.3 is 0 Å². The highest BCUT2D eigenvalue weighted by Crippen LogP contribution is 2.27. The van der Waals surface area contributed by atoms with Gasteiger partial charge in [-0.2, -0.15) is 0 Å². The minimum Gasteiger partial charge on any atom is -0.344 e. The summed E-state index contributed by atoms with van der Waals surface area (Å²) in [5.74, 6) is -0.512. The molecule has 0 unspecified atom stereocenters. The van der Waals surface area contributed by atoms with Crippen LogP contribution in [0.15, 0.2) is 42.6 Å². The first kappa shape index (κ1) is 15.0. The van der Waals surface area contributed by atoms with E-state index in [1.54, 1.807) is 34.6 Å². The van der Waals surface area contributed by atoms with E-state index in [9.17, 15) is 9.18 Å². The number of pyridine rings is 1. The first-order chi connectivity index (χ1) is 11.7. The van der Waals surface area contributed by atoms with Crippen molar-refractivity contribution in [1.29, 1.82) is 0 Å². The fourth-order valence-electron chi connectivity index (χ4n) is 2.80. The van der Waals surface area contributed by atoms with Crippen molar-refractivity contribution in [3.05, 3.63) is 54.0 Å². The number of anilines is 1. The average molecular weight is 342 g/mol. The summed E-state index contributed by atoms with van der Waals surface area (Å²) in [7, 11) is 0. The monoisotopic (exact) mass is 342 g/mol. The molecule has 3 heterocycles. The van der Waals surface area contributed by atoms with Crippen LogP contribution in [0.2, 0.25) is 0 Å². The van der Waals surface area contributed by atoms with Crippen molar-refractivity contribution in [2.24, 2.45) is 0 Å². The summed E-state index contributed by atoms with van der Waals surface area (Å²) in [6.45, 7) is 2.61. The lowest BCUT2D eigenvalue weighted by molar-refractivity contribution is 0.0746. The van der Waals surface area contributed by atoms with Crippen LogP contribution < -0.4 is 4.90 Å². The Hall–Kier alpha value is -2.54. The fraction of sp³-hybridized carbons (Fsp3) is 0.235. The molecule has 3 aromatic rings. The molecule has 0 atom stereocenters. The minimum atomic E-state index is -0.388. The smallest absolute Gasteiger partial charge is 0.254 e. The summed E-state index contributed by atoms with van der Waals surface area (Å²) in [6.07, 6.45) is 1.76. The van der Waals surface area contributed by atoms with Crippen LogP contribution in [0.3, 0.4) is 0 Å². The lowest BCUT2D eigenvalue weighted by Crippen LogP contribution is -2.48. The topological polar surface area (TPSA) is 49.3 Å². The molecule has 1 fully saturated rings. The number of piperazine rings is 1. The molecule has 4 rings (SSSR count). The summed E-state index contributed by atoms with van der Waals surface area (Å²) in [6, 6.07) is 9.67. The van der Waals surface area contributed by atoms with Gasteiger partial charge in [0.25, 0.3) is 5.91 Å². The number of hydrogen-bond acceptors (Lipinski definition) is 5. The molecule has 1 aliphatic heterocycles. The molecule has 0 radical (unpaired) electrons. The van der Waals surface area contributed by atoms with Crippen LogP contribution in [-0.4, -0.2) is 47.0 Å². The van der Waals surface area contributed by atoms with E-state index in [1.165, 1.54) is 12.1 Å². The van der Waals surface area contributed by atoms with Gasteiger partial charge in [0.2, 0.25) is 0 Å². The maximum atomic E-state index is 13.3. The summed E-state index contributed by atoms with van der Waals surface area (Å²) >= 11 is 1.56. The van der Waals surface area contributed by atoms with E-state index >= 15 is 0 Å². The largest absolute Gasteiger partial charge is 0.344 e. The van der Waals surface area contributed by atoms with Crippen LogP contribution >= 0.6 is 11.3 Å². The second-order valence-corrected chi connectivity index (χ2v) is 6.57. The van der Waals surface area contributed by atoms with Crippen molar-refractivity contribution in [2.45, 2.75) is 0 Å². The van der Waals surface area contributed by atoms with Gasteiger partial charge in [-0.05, 0) is 30.3 Å². The first-order valence-electron chi connectivity index (χ1n) is 7.72. The van der Waals surface area contributed by atoms with Crippen LogP contribution in [-0.2, 0) is 0 Å². The van der Waals surface area contributed by atoms with Crippen LogP contribution in [0.4, 0.5) is 9.52 Å². The van der Waals surface area contributed by atoms with Crippen molar-refractivity contribution in [1.82, 2.24) is 14.9 Å². The number of benzene rings is 1. The molecular weight excluding hydrogens is 327 g/mol. The Balaban J connectivity index is 1.45. The number of fused-ring (bicyclic) bond motifs is 1. The third-order valence-electron chi connectivity index (χ3n) is 4.06. The van der Waals surface area contributed by atoms with E-state index in [1.807, 2.05) is 12.1 Å². The predicted molar refractivity (Wildman–Crippen MR) is 91.9 cm³/mol. The molecule has 122 valence electrons. The number of rotatable bonds is 2. The molecule has 1 saturated heterocycles. The molecule has 5 nitrogen and oxygen atoms in total. The van der Waals surface area contributed by atoms with E-state index in [2.05, 4.69) is 14.9 Å². The van der Waals surface area contributed by atoms with Crippen molar-refractivity contribution < 1.29 is 9.18 Å². The number of thiazole rings is 1. The second-order valence-electron chi connectivity index (χ2n) is 5.61. The average Bonchev–Trinajstić information content (AvgIpc) is 3.05. The third kappa shape index (κ3) is 2.82. The van der Waals surface area contributed by atoms with Gasteiger partial charge in [0.15, 0.2) is 5.13 Å².